The van der Waals surface area contributed by atoms with Crippen LogP contribution in [0.5, 0.6) is 0 Å². The van der Waals surface area contributed by atoms with Crippen LogP contribution in [0.25, 0.3) is 0 Å². The second kappa shape index (κ2) is 12.8. The summed E-state index contributed by atoms with van der Waals surface area (Å²) < 4.78 is 11.5. The second-order valence-electron chi connectivity index (χ2n) is 8.83. The van der Waals surface area contributed by atoms with Gasteiger partial charge in [0.25, 0.3) is 0 Å². The van der Waals surface area contributed by atoms with E-state index in [0.29, 0.717) is 13.2 Å². The number of benzene rings is 1. The van der Waals surface area contributed by atoms with E-state index in [2.05, 4.69) is 51.5 Å². The molecule has 0 atom stereocenters. The van der Waals surface area contributed by atoms with Crippen LogP contribution in [0.1, 0.15) is 67.2 Å². The highest BCUT2D eigenvalue weighted by Gasteiger charge is 2.16. The van der Waals surface area contributed by atoms with Crippen molar-refractivity contribution in [2.75, 3.05) is 26.4 Å². The minimum atomic E-state index is -0.0924. The maximum Gasteiger partial charge on any atom is 0.0647 e. The molecule has 158 valence electrons. The van der Waals surface area contributed by atoms with Gasteiger partial charge in [-0.2, -0.15) is 0 Å². The molecule has 0 spiro atoms. The third kappa shape index (κ3) is 11.4. The molecule has 0 aliphatic rings. The van der Waals surface area contributed by atoms with Crippen molar-refractivity contribution < 1.29 is 9.47 Å². The van der Waals surface area contributed by atoms with Gasteiger partial charge in [-0.05, 0) is 31.0 Å². The Morgan fingerprint density at radius 1 is 0.786 bits per heavy atom. The first-order valence-corrected chi connectivity index (χ1v) is 10.6. The van der Waals surface area contributed by atoms with E-state index < -0.39 is 0 Å². The summed E-state index contributed by atoms with van der Waals surface area (Å²) in [7, 11) is 0. The lowest BCUT2D eigenvalue weighted by Gasteiger charge is -2.19. The molecular weight excluding hydrogens is 348 g/mol. The van der Waals surface area contributed by atoms with E-state index in [0.717, 1.165) is 50.3 Å². The van der Waals surface area contributed by atoms with Gasteiger partial charge >= 0.3 is 0 Å². The third-order valence-electron chi connectivity index (χ3n) is 4.19. The van der Waals surface area contributed by atoms with Gasteiger partial charge in [-0.25, -0.2) is 0 Å². The fourth-order valence-corrected chi connectivity index (χ4v) is 2.39. The van der Waals surface area contributed by atoms with E-state index >= 15 is 0 Å². The summed E-state index contributed by atoms with van der Waals surface area (Å²) in [6.45, 7) is 15.9. The molecule has 0 unspecified atom stereocenters. The van der Waals surface area contributed by atoms with Crippen LogP contribution in [0.4, 0.5) is 11.4 Å². The maximum atomic E-state index is 5.75. The number of unbranched alkanes of at least 4 members (excludes halogenated alkanes) is 2. The van der Waals surface area contributed by atoms with Gasteiger partial charge in [-0.15, -0.1) is 0 Å². The third-order valence-corrected chi connectivity index (χ3v) is 4.19. The minimum absolute atomic E-state index is 0.0924. The van der Waals surface area contributed by atoms with E-state index in [9.17, 15) is 0 Å². The van der Waals surface area contributed by atoms with Gasteiger partial charge in [0.15, 0.2) is 0 Å². The fraction of sp³-hybridized carbons (Fsp3) is 0.667. The van der Waals surface area contributed by atoms with Crippen LogP contribution in [0.15, 0.2) is 34.3 Å². The van der Waals surface area contributed by atoms with Crippen molar-refractivity contribution in [1.29, 1.82) is 0 Å². The van der Waals surface area contributed by atoms with Gasteiger partial charge in [-0.1, -0.05) is 60.5 Å². The van der Waals surface area contributed by atoms with E-state index in [-0.39, 0.29) is 10.8 Å². The smallest absolute Gasteiger partial charge is 0.0647 e. The normalized spacial score (nSPS) is 13.1. The average molecular weight is 389 g/mol. The molecule has 1 rings (SSSR count). The van der Waals surface area contributed by atoms with Gasteiger partial charge < -0.3 is 9.47 Å². The average Bonchev–Trinajstić information content (AvgIpc) is 2.66. The lowest BCUT2D eigenvalue weighted by molar-refractivity contribution is 0.0906. The molecule has 1 aromatic rings. The zero-order chi connectivity index (χ0) is 20.9. The molecule has 0 heterocycles. The van der Waals surface area contributed by atoms with Gasteiger partial charge in [-0.3, -0.25) is 9.98 Å². The predicted octanol–water partition coefficient (Wildman–Crippen LogP) is 6.78. The number of nitrogens with zero attached hydrogens (tertiary/aromatic N) is 2. The lowest BCUT2D eigenvalue weighted by atomic mass is 9.97. The van der Waals surface area contributed by atoms with E-state index in [1.165, 1.54) is 0 Å². The minimum Gasteiger partial charge on any atom is -0.381 e. The van der Waals surface area contributed by atoms with Crippen molar-refractivity contribution in [2.24, 2.45) is 20.8 Å². The molecule has 4 heteroatoms. The standard InChI is InChI=1S/C24H40N2O2/c1-7-9-14-27-19-23(3,4)17-25-21-12-11-13-22(16-21)26-18-24(5,6)20-28-15-10-8-2/h11-13,16-18H,7-10,14-15,19-20H2,1-6H3. The molecule has 1 aromatic carbocycles. The maximum absolute atomic E-state index is 5.75. The number of hydrogen-bond donors (Lipinski definition) is 0. The molecule has 0 N–H and O–H groups in total. The van der Waals surface area contributed by atoms with Crippen molar-refractivity contribution in [3.05, 3.63) is 24.3 Å². The van der Waals surface area contributed by atoms with E-state index in [1.807, 2.05) is 36.7 Å². The van der Waals surface area contributed by atoms with Gasteiger partial charge in [0, 0.05) is 36.5 Å². The van der Waals surface area contributed by atoms with E-state index in [1.54, 1.807) is 0 Å². The molecule has 0 aliphatic heterocycles. The first-order chi connectivity index (χ1) is 13.3. The van der Waals surface area contributed by atoms with Crippen molar-refractivity contribution >= 4 is 23.8 Å². The molecule has 0 aliphatic carbocycles. The highest BCUT2D eigenvalue weighted by Crippen LogP contribution is 2.23. The predicted molar refractivity (Wildman–Crippen MR) is 122 cm³/mol. The molecule has 4 nitrogen and oxygen atoms in total. The fourth-order valence-electron chi connectivity index (χ4n) is 2.39. The SMILES string of the molecule is CCCCOCC(C)(C)C=Nc1cccc(N=CC(C)(C)COCCCC)c1. The summed E-state index contributed by atoms with van der Waals surface area (Å²) >= 11 is 0. The quantitative estimate of drug-likeness (QED) is 0.260. The van der Waals surface area contributed by atoms with Crippen LogP contribution in [0.2, 0.25) is 0 Å². The Hall–Kier alpha value is -1.52. The zero-order valence-electron chi connectivity index (χ0n) is 18.8. The van der Waals surface area contributed by atoms with Crippen LogP contribution >= 0.6 is 0 Å². The second-order valence-corrected chi connectivity index (χ2v) is 8.83. The molecular formula is C24H40N2O2. The zero-order valence-corrected chi connectivity index (χ0v) is 18.8. The highest BCUT2D eigenvalue weighted by atomic mass is 16.5. The highest BCUT2D eigenvalue weighted by molar-refractivity contribution is 5.72. The molecule has 0 radical (unpaired) electrons. The number of ether oxygens (including phenoxy) is 2. The molecule has 0 aromatic heterocycles. The molecule has 0 amide bonds. The largest absolute Gasteiger partial charge is 0.381 e. The molecule has 0 bridgehead atoms. The summed E-state index contributed by atoms with van der Waals surface area (Å²) in [6, 6.07) is 8.01. The van der Waals surface area contributed by atoms with Crippen molar-refractivity contribution in [3.63, 3.8) is 0 Å². The van der Waals surface area contributed by atoms with Gasteiger partial charge in [0.2, 0.25) is 0 Å². The molecule has 0 saturated carbocycles. The van der Waals surface area contributed by atoms with Crippen LogP contribution in [-0.2, 0) is 9.47 Å². The molecule has 28 heavy (non-hydrogen) atoms. The summed E-state index contributed by atoms with van der Waals surface area (Å²) in [4.78, 5) is 9.30. The first kappa shape index (κ1) is 24.5. The van der Waals surface area contributed by atoms with Crippen molar-refractivity contribution in [3.8, 4) is 0 Å². The molecule has 0 fully saturated rings. The Morgan fingerprint density at radius 3 is 1.61 bits per heavy atom. The topological polar surface area (TPSA) is 43.2 Å². The van der Waals surface area contributed by atoms with Crippen LogP contribution in [0, 0.1) is 10.8 Å². The Bertz CT molecular complexity index is 557. The summed E-state index contributed by atoms with van der Waals surface area (Å²) in [6.07, 6.45) is 8.48. The van der Waals surface area contributed by atoms with Crippen LogP contribution in [-0.4, -0.2) is 38.9 Å². The molecule has 0 saturated heterocycles. The summed E-state index contributed by atoms with van der Waals surface area (Å²) in [5, 5.41) is 0. The summed E-state index contributed by atoms with van der Waals surface area (Å²) in [5.74, 6) is 0. The monoisotopic (exact) mass is 388 g/mol. The first-order valence-electron chi connectivity index (χ1n) is 10.6. The lowest BCUT2D eigenvalue weighted by Crippen LogP contribution is -2.21. The Kier molecular flexibility index (Phi) is 11.2. The van der Waals surface area contributed by atoms with Gasteiger partial charge in [0.1, 0.15) is 0 Å². The van der Waals surface area contributed by atoms with Crippen molar-refractivity contribution in [2.45, 2.75) is 67.2 Å². The number of aliphatic imine (C=N–C) groups is 2. The Labute approximate surface area is 172 Å². The Morgan fingerprint density at radius 2 is 1.21 bits per heavy atom. The van der Waals surface area contributed by atoms with E-state index in [4.69, 9.17) is 9.47 Å². The van der Waals surface area contributed by atoms with Gasteiger partial charge in [0.05, 0.1) is 24.6 Å². The number of hydrogen-bond acceptors (Lipinski definition) is 4. The van der Waals surface area contributed by atoms with Crippen LogP contribution < -0.4 is 0 Å². The van der Waals surface area contributed by atoms with Crippen LogP contribution in [0.3, 0.4) is 0 Å². The summed E-state index contributed by atoms with van der Waals surface area (Å²) in [5.41, 5.74) is 1.64. The Balaban J connectivity index is 2.63. The van der Waals surface area contributed by atoms with Crippen molar-refractivity contribution in [1.82, 2.24) is 0 Å². The number of rotatable bonds is 14.